The van der Waals surface area contributed by atoms with E-state index in [4.69, 9.17) is 21.2 Å². The number of benzene rings is 3. The Morgan fingerprint density at radius 2 is 1.74 bits per heavy atom. The minimum atomic E-state index is -4.08. The van der Waals surface area contributed by atoms with E-state index < -0.39 is 49.7 Å². The maximum atomic E-state index is 13.8. The number of esters is 1. The van der Waals surface area contributed by atoms with E-state index in [2.05, 4.69) is 10.5 Å². The van der Waals surface area contributed by atoms with Crippen LogP contribution in [0.2, 0.25) is 5.02 Å². The van der Waals surface area contributed by atoms with Crippen LogP contribution in [0.3, 0.4) is 0 Å². The number of hydrogen-bond acceptors (Lipinski definition) is 10. The second-order valence-corrected chi connectivity index (χ2v) is 12.9. The van der Waals surface area contributed by atoms with E-state index in [1.807, 2.05) is 12.1 Å². The number of carbonyl (C=O) groups excluding carboxylic acids is 2. The number of phenols is 2. The highest BCUT2D eigenvalue weighted by molar-refractivity contribution is 7.94. The summed E-state index contributed by atoms with van der Waals surface area (Å²) in [5.74, 6) is -2.20. The number of oxime groups is 1. The fourth-order valence-electron chi connectivity index (χ4n) is 5.07. The van der Waals surface area contributed by atoms with Crippen molar-refractivity contribution in [3.63, 3.8) is 0 Å². The average Bonchev–Trinajstić information content (AvgIpc) is 3.13. The van der Waals surface area contributed by atoms with Gasteiger partial charge in [0.2, 0.25) is 5.91 Å². The van der Waals surface area contributed by atoms with E-state index in [-0.39, 0.29) is 30.3 Å². The molecule has 3 unspecified atom stereocenters. The quantitative estimate of drug-likeness (QED) is 0.0591. The number of fused-ring (bicyclic) bond motifs is 1. The molecule has 2 fully saturated rings. The second-order valence-electron chi connectivity index (χ2n) is 10.0. The van der Waals surface area contributed by atoms with Gasteiger partial charge in [-0.05, 0) is 30.2 Å². The summed E-state index contributed by atoms with van der Waals surface area (Å²) in [6, 6.07) is 19.3. The molecule has 3 aromatic carbocycles. The highest BCUT2D eigenvalue weighted by Crippen LogP contribution is 2.46. The van der Waals surface area contributed by atoms with Crippen molar-refractivity contribution in [2.24, 2.45) is 5.16 Å². The highest BCUT2D eigenvalue weighted by atomic mass is 35.5. The van der Waals surface area contributed by atoms with Crippen molar-refractivity contribution in [1.29, 1.82) is 0 Å². The third-order valence-electron chi connectivity index (χ3n) is 7.39. The summed E-state index contributed by atoms with van der Waals surface area (Å²) in [6.45, 7) is 1.43. The lowest BCUT2D eigenvalue weighted by atomic mass is 9.96. The third kappa shape index (κ3) is 5.12. The van der Waals surface area contributed by atoms with Gasteiger partial charge in [-0.15, -0.1) is 0 Å². The molecule has 3 atom stereocenters. The smallest absolute Gasteiger partial charge is 0.331 e. The van der Waals surface area contributed by atoms with Crippen molar-refractivity contribution in [3.8, 4) is 11.5 Å². The summed E-state index contributed by atoms with van der Waals surface area (Å²) in [4.78, 5) is 32.7. The van der Waals surface area contributed by atoms with Gasteiger partial charge in [0.1, 0.15) is 21.8 Å². The standard InChI is InChI=1S/C29H28ClN3O8S/c1-29(17-32-40-15-14-31-20-12-13-21(34)25(36)24(20)30)27(33-22(35)16-23(33)42(29,38)39)28(37)41-26(18-8-4-2-5-9-18)19-10-6-3-7-11-19/h2-13,17,23,26-27,31,34,36H,14-16H2,1H3/b32-17+. The number of nitrogens with one attached hydrogen (secondary N) is 1. The molecule has 2 aliphatic rings. The van der Waals surface area contributed by atoms with E-state index >= 15 is 0 Å². The van der Waals surface area contributed by atoms with Crippen molar-refractivity contribution in [1.82, 2.24) is 4.90 Å². The molecule has 0 radical (unpaired) electrons. The van der Waals surface area contributed by atoms with Gasteiger partial charge in [-0.3, -0.25) is 4.79 Å². The first-order valence-corrected chi connectivity index (χ1v) is 14.9. The molecule has 0 saturated carbocycles. The molecular formula is C29H28ClN3O8S. The summed E-state index contributed by atoms with van der Waals surface area (Å²) < 4.78 is 31.1. The zero-order valence-electron chi connectivity index (χ0n) is 22.4. The topological polar surface area (TPSA) is 155 Å². The Hall–Kier alpha value is -4.29. The van der Waals surface area contributed by atoms with E-state index in [9.17, 15) is 28.2 Å². The maximum absolute atomic E-state index is 13.8. The van der Waals surface area contributed by atoms with Crippen LogP contribution >= 0.6 is 11.6 Å². The molecule has 0 aliphatic carbocycles. The summed E-state index contributed by atoms with van der Waals surface area (Å²) in [6.07, 6.45) is -0.0478. The number of β-lactam (4-membered cyclic amide) rings is 1. The number of phenolic OH excluding ortho intramolecular Hbond substituents is 2. The fourth-order valence-corrected chi connectivity index (χ4v) is 7.49. The van der Waals surface area contributed by atoms with Gasteiger partial charge in [0.05, 0.1) is 24.9 Å². The molecular weight excluding hydrogens is 586 g/mol. The Kier molecular flexibility index (Phi) is 8.02. The Labute approximate surface area is 247 Å². The van der Waals surface area contributed by atoms with Gasteiger partial charge >= 0.3 is 5.97 Å². The lowest BCUT2D eigenvalue weighted by molar-refractivity contribution is -0.163. The number of sulfone groups is 1. The number of anilines is 1. The Morgan fingerprint density at radius 3 is 2.33 bits per heavy atom. The first kappa shape index (κ1) is 29.2. The molecule has 3 aromatic rings. The molecule has 2 heterocycles. The SMILES string of the molecule is CC1(/C=N/OCCNc2ccc(O)c(O)c2Cl)C(C(=O)OC(c2ccccc2)c2ccccc2)N2C(=O)CC2S1(=O)=O. The average molecular weight is 614 g/mol. The molecule has 1 amide bonds. The molecule has 2 saturated heterocycles. The molecule has 11 nitrogen and oxygen atoms in total. The number of nitrogens with zero attached hydrogens (tertiary/aromatic N) is 2. The monoisotopic (exact) mass is 613 g/mol. The lowest BCUT2D eigenvalue weighted by Gasteiger charge is -2.36. The Balaban J connectivity index is 1.34. The third-order valence-corrected chi connectivity index (χ3v) is 10.4. The van der Waals surface area contributed by atoms with Crippen LogP contribution in [-0.4, -0.2) is 70.9 Å². The van der Waals surface area contributed by atoms with Gasteiger partial charge in [0.25, 0.3) is 0 Å². The number of carbonyl (C=O) groups is 2. The zero-order valence-corrected chi connectivity index (χ0v) is 24.0. The summed E-state index contributed by atoms with van der Waals surface area (Å²) in [5, 5.41) is 24.7. The minimum Gasteiger partial charge on any atom is -0.504 e. The molecule has 220 valence electrons. The minimum absolute atomic E-state index is 0.0458. The number of rotatable bonds is 10. The molecule has 5 rings (SSSR count). The van der Waals surface area contributed by atoms with E-state index in [0.29, 0.717) is 16.8 Å². The predicted molar refractivity (Wildman–Crippen MR) is 155 cm³/mol. The van der Waals surface area contributed by atoms with Crippen LogP contribution in [0.1, 0.15) is 30.6 Å². The Bertz CT molecular complexity index is 1580. The van der Waals surface area contributed by atoms with Gasteiger partial charge in [-0.25, -0.2) is 13.2 Å². The van der Waals surface area contributed by atoms with Crippen LogP contribution in [-0.2, 0) is 29.0 Å². The van der Waals surface area contributed by atoms with E-state index in [0.717, 1.165) is 11.1 Å². The van der Waals surface area contributed by atoms with E-state index in [1.165, 1.54) is 19.1 Å². The molecule has 0 bridgehead atoms. The van der Waals surface area contributed by atoms with Gasteiger partial charge in [-0.2, -0.15) is 0 Å². The first-order valence-electron chi connectivity index (χ1n) is 13.0. The van der Waals surface area contributed by atoms with Crippen LogP contribution in [0.5, 0.6) is 11.5 Å². The molecule has 0 aromatic heterocycles. The van der Waals surface area contributed by atoms with Gasteiger partial charge in [-0.1, -0.05) is 77.4 Å². The van der Waals surface area contributed by atoms with Crippen LogP contribution in [0, 0.1) is 0 Å². The number of ether oxygens (including phenoxy) is 1. The summed E-state index contributed by atoms with van der Waals surface area (Å²) >= 11 is 5.99. The largest absolute Gasteiger partial charge is 0.504 e. The summed E-state index contributed by atoms with van der Waals surface area (Å²) in [7, 11) is -4.08. The van der Waals surface area contributed by atoms with Gasteiger partial charge in [0, 0.05) is 0 Å². The van der Waals surface area contributed by atoms with Crippen molar-refractivity contribution >= 4 is 45.2 Å². The van der Waals surface area contributed by atoms with E-state index in [1.54, 1.807) is 48.5 Å². The van der Waals surface area contributed by atoms with Crippen molar-refractivity contribution in [3.05, 3.63) is 88.9 Å². The second kappa shape index (κ2) is 11.5. The van der Waals surface area contributed by atoms with Gasteiger partial charge in [0.15, 0.2) is 33.5 Å². The normalized spacial score (nSPS) is 22.5. The van der Waals surface area contributed by atoms with Gasteiger partial charge < -0.3 is 30.0 Å². The Morgan fingerprint density at radius 1 is 1.12 bits per heavy atom. The summed E-state index contributed by atoms with van der Waals surface area (Å²) in [5.41, 5.74) is 1.69. The van der Waals surface area contributed by atoms with Crippen LogP contribution in [0.4, 0.5) is 5.69 Å². The molecule has 3 N–H and O–H groups in total. The number of hydrogen-bond donors (Lipinski definition) is 3. The van der Waals surface area contributed by atoms with Crippen molar-refractivity contribution < 1.29 is 37.8 Å². The lowest BCUT2D eigenvalue weighted by Crippen LogP contribution is -2.58. The fraction of sp³-hybridized carbons (Fsp3) is 0.276. The zero-order chi connectivity index (χ0) is 30.1. The number of amides is 1. The molecule has 42 heavy (non-hydrogen) atoms. The highest BCUT2D eigenvalue weighted by Gasteiger charge is 2.70. The van der Waals surface area contributed by atoms with Crippen LogP contribution < -0.4 is 5.32 Å². The van der Waals surface area contributed by atoms with Crippen LogP contribution in [0.15, 0.2) is 78.0 Å². The number of halogens is 1. The molecule has 2 aliphatic heterocycles. The van der Waals surface area contributed by atoms with Crippen molar-refractivity contribution in [2.75, 3.05) is 18.5 Å². The molecule has 0 spiro atoms. The van der Waals surface area contributed by atoms with Crippen molar-refractivity contribution in [2.45, 2.75) is 35.6 Å². The number of aromatic hydroxyl groups is 2. The predicted octanol–water partition coefficient (Wildman–Crippen LogP) is 3.61. The maximum Gasteiger partial charge on any atom is 0.331 e. The van der Waals surface area contributed by atoms with Crippen LogP contribution in [0.25, 0.3) is 0 Å². The molecule has 13 heteroatoms. The first-order chi connectivity index (χ1) is 20.1.